The van der Waals surface area contributed by atoms with Crippen LogP contribution in [0.3, 0.4) is 0 Å². The number of rotatable bonds is 4. The number of amides is 1. The first kappa shape index (κ1) is 15.0. The maximum absolute atomic E-state index is 12.2. The molecule has 1 atom stereocenters. The predicted molar refractivity (Wildman–Crippen MR) is 83.9 cm³/mol. The van der Waals surface area contributed by atoms with Gasteiger partial charge in [0.1, 0.15) is 10.8 Å². The Labute approximate surface area is 131 Å². The number of nitrogens with zero attached hydrogens (tertiary/aromatic N) is 1. The second kappa shape index (κ2) is 6.86. The predicted octanol–water partition coefficient (Wildman–Crippen LogP) is 4.38. The second-order valence-electron chi connectivity index (χ2n) is 4.33. The van der Waals surface area contributed by atoms with E-state index in [2.05, 4.69) is 26.2 Å². The molecular weight excluding hydrogens is 340 g/mol. The second-order valence-corrected chi connectivity index (χ2v) is 5.63. The molecule has 5 heteroatoms. The van der Waals surface area contributed by atoms with Gasteiger partial charge >= 0.3 is 0 Å². The molecule has 0 saturated heterocycles. The lowest BCUT2D eigenvalue weighted by Gasteiger charge is -2.17. The fraction of sp³-hybridized carbons (Fsp3) is 0.200. The van der Waals surface area contributed by atoms with Crippen LogP contribution in [0.5, 0.6) is 0 Å². The molecule has 20 heavy (non-hydrogen) atoms. The number of nitrogens with one attached hydrogen (secondary N) is 1. The molecular formula is C15H14BrClN2O. The number of pyridine rings is 1. The van der Waals surface area contributed by atoms with E-state index in [4.69, 9.17) is 11.6 Å². The van der Waals surface area contributed by atoms with Crippen molar-refractivity contribution in [1.82, 2.24) is 10.3 Å². The molecule has 1 aromatic carbocycles. The van der Waals surface area contributed by atoms with Crippen LogP contribution in [0.15, 0.2) is 46.9 Å². The summed E-state index contributed by atoms with van der Waals surface area (Å²) in [5, 5.41) is 3.28. The van der Waals surface area contributed by atoms with Gasteiger partial charge in [-0.05, 0) is 36.2 Å². The molecule has 0 spiro atoms. The van der Waals surface area contributed by atoms with Gasteiger partial charge in [-0.1, -0.05) is 52.7 Å². The molecule has 2 rings (SSSR count). The highest BCUT2D eigenvalue weighted by Crippen LogP contribution is 2.20. The zero-order valence-electron chi connectivity index (χ0n) is 10.9. The van der Waals surface area contributed by atoms with Crippen molar-refractivity contribution in [2.24, 2.45) is 0 Å². The summed E-state index contributed by atoms with van der Waals surface area (Å²) in [7, 11) is 0. The lowest BCUT2D eigenvalue weighted by atomic mass is 10.0. The van der Waals surface area contributed by atoms with Crippen molar-refractivity contribution in [3.8, 4) is 0 Å². The number of halogens is 2. The van der Waals surface area contributed by atoms with Crippen LogP contribution in [-0.2, 0) is 0 Å². The monoisotopic (exact) mass is 352 g/mol. The molecule has 0 aliphatic rings. The third kappa shape index (κ3) is 3.81. The minimum atomic E-state index is -0.220. The fourth-order valence-corrected chi connectivity index (χ4v) is 2.31. The number of hydrogen-bond donors (Lipinski definition) is 1. The Balaban J connectivity index is 2.14. The van der Waals surface area contributed by atoms with Crippen LogP contribution in [-0.4, -0.2) is 10.9 Å². The van der Waals surface area contributed by atoms with E-state index in [-0.39, 0.29) is 11.9 Å². The van der Waals surface area contributed by atoms with Gasteiger partial charge in [0.05, 0.1) is 6.04 Å². The number of carbonyl (C=O) groups is 1. The fourth-order valence-electron chi connectivity index (χ4n) is 1.88. The molecule has 1 N–H and O–H groups in total. The molecule has 1 heterocycles. The summed E-state index contributed by atoms with van der Waals surface area (Å²) >= 11 is 9.20. The van der Waals surface area contributed by atoms with Gasteiger partial charge in [0.2, 0.25) is 0 Å². The zero-order valence-corrected chi connectivity index (χ0v) is 13.3. The topological polar surface area (TPSA) is 42.0 Å². The summed E-state index contributed by atoms with van der Waals surface area (Å²) < 4.78 is 1.01. The minimum absolute atomic E-state index is 0.0450. The van der Waals surface area contributed by atoms with Crippen LogP contribution >= 0.6 is 27.5 Å². The molecule has 0 radical (unpaired) electrons. The summed E-state index contributed by atoms with van der Waals surface area (Å²) in [5.74, 6) is -0.220. The Hall–Kier alpha value is -1.39. The Morgan fingerprint density at radius 3 is 2.60 bits per heavy atom. The van der Waals surface area contributed by atoms with E-state index < -0.39 is 0 Å². The van der Waals surface area contributed by atoms with E-state index in [0.717, 1.165) is 16.5 Å². The molecule has 0 aliphatic carbocycles. The number of aromatic nitrogens is 1. The number of benzene rings is 1. The first-order valence-corrected chi connectivity index (χ1v) is 7.46. The molecule has 1 amide bonds. The molecule has 0 bridgehead atoms. The maximum atomic E-state index is 12.2. The lowest BCUT2D eigenvalue weighted by molar-refractivity contribution is 0.0930. The Morgan fingerprint density at radius 1 is 1.30 bits per heavy atom. The smallest absolute Gasteiger partial charge is 0.270 e. The highest BCUT2D eigenvalue weighted by Gasteiger charge is 2.15. The summed E-state index contributed by atoms with van der Waals surface area (Å²) in [6.07, 6.45) is 0.800. The maximum Gasteiger partial charge on any atom is 0.270 e. The van der Waals surface area contributed by atoms with Crippen molar-refractivity contribution in [2.75, 3.05) is 0 Å². The van der Waals surface area contributed by atoms with Gasteiger partial charge in [-0.3, -0.25) is 4.79 Å². The van der Waals surface area contributed by atoms with Crippen LogP contribution in [0.1, 0.15) is 35.4 Å². The van der Waals surface area contributed by atoms with Crippen molar-refractivity contribution < 1.29 is 4.79 Å². The van der Waals surface area contributed by atoms with Gasteiger partial charge < -0.3 is 5.32 Å². The third-order valence-corrected chi connectivity index (χ3v) is 3.67. The van der Waals surface area contributed by atoms with Crippen molar-refractivity contribution in [3.05, 3.63) is 63.3 Å². The molecule has 0 aliphatic heterocycles. The average Bonchev–Trinajstić information content (AvgIpc) is 2.45. The quantitative estimate of drug-likeness (QED) is 0.829. The standard InChI is InChI=1S/C15H14BrClN2O/c1-2-12(10-6-8-11(16)9-7-10)19-15(20)13-4-3-5-14(17)18-13/h3-9,12H,2H2,1H3,(H,19,20). The minimum Gasteiger partial charge on any atom is -0.344 e. The van der Waals surface area contributed by atoms with Crippen LogP contribution < -0.4 is 5.32 Å². The Bertz CT molecular complexity index is 601. The summed E-state index contributed by atoms with van der Waals surface area (Å²) in [5.41, 5.74) is 1.39. The Kier molecular flexibility index (Phi) is 5.15. The van der Waals surface area contributed by atoms with Gasteiger partial charge in [-0.25, -0.2) is 4.98 Å². The van der Waals surface area contributed by atoms with Gasteiger partial charge in [0, 0.05) is 4.47 Å². The van der Waals surface area contributed by atoms with Gasteiger partial charge in [-0.15, -0.1) is 0 Å². The normalized spacial score (nSPS) is 11.9. The highest BCUT2D eigenvalue weighted by molar-refractivity contribution is 9.10. The van der Waals surface area contributed by atoms with E-state index in [1.54, 1.807) is 18.2 Å². The van der Waals surface area contributed by atoms with Gasteiger partial charge in [0.25, 0.3) is 5.91 Å². The van der Waals surface area contributed by atoms with Crippen LogP contribution in [0, 0.1) is 0 Å². The van der Waals surface area contributed by atoms with Crippen LogP contribution in [0.4, 0.5) is 0 Å². The van der Waals surface area contributed by atoms with Gasteiger partial charge in [-0.2, -0.15) is 0 Å². The number of carbonyl (C=O) groups excluding carboxylic acids is 1. The molecule has 0 saturated carbocycles. The van der Waals surface area contributed by atoms with Crippen molar-refractivity contribution >= 4 is 33.4 Å². The molecule has 104 valence electrons. The SMILES string of the molecule is CCC(NC(=O)c1cccc(Cl)n1)c1ccc(Br)cc1. The highest BCUT2D eigenvalue weighted by atomic mass is 79.9. The zero-order chi connectivity index (χ0) is 14.5. The first-order chi connectivity index (χ1) is 9.60. The molecule has 1 unspecified atom stereocenters. The third-order valence-electron chi connectivity index (χ3n) is 2.93. The molecule has 0 fully saturated rings. The molecule has 2 aromatic rings. The summed E-state index contributed by atoms with van der Waals surface area (Å²) in [6, 6.07) is 12.9. The van der Waals surface area contributed by atoms with E-state index in [9.17, 15) is 4.79 Å². The van der Waals surface area contributed by atoms with Crippen molar-refractivity contribution in [1.29, 1.82) is 0 Å². The first-order valence-electron chi connectivity index (χ1n) is 6.29. The Morgan fingerprint density at radius 2 is 2.00 bits per heavy atom. The van der Waals surface area contributed by atoms with Crippen molar-refractivity contribution in [2.45, 2.75) is 19.4 Å². The van der Waals surface area contributed by atoms with E-state index in [1.165, 1.54) is 0 Å². The number of hydrogen-bond acceptors (Lipinski definition) is 2. The van der Waals surface area contributed by atoms with E-state index >= 15 is 0 Å². The van der Waals surface area contributed by atoms with E-state index in [0.29, 0.717) is 10.8 Å². The largest absolute Gasteiger partial charge is 0.344 e. The molecule has 1 aromatic heterocycles. The van der Waals surface area contributed by atoms with Gasteiger partial charge in [0.15, 0.2) is 0 Å². The molecule has 3 nitrogen and oxygen atoms in total. The lowest BCUT2D eigenvalue weighted by Crippen LogP contribution is -2.28. The van der Waals surface area contributed by atoms with E-state index in [1.807, 2.05) is 31.2 Å². The summed E-state index contributed by atoms with van der Waals surface area (Å²) in [6.45, 7) is 2.03. The van der Waals surface area contributed by atoms with Crippen LogP contribution in [0.2, 0.25) is 5.15 Å². The average molecular weight is 354 g/mol. The van der Waals surface area contributed by atoms with Crippen LogP contribution in [0.25, 0.3) is 0 Å². The summed E-state index contributed by atoms with van der Waals surface area (Å²) in [4.78, 5) is 16.2. The van der Waals surface area contributed by atoms with Crippen molar-refractivity contribution in [3.63, 3.8) is 0 Å².